The molecule has 2 saturated heterocycles. The number of aromatic nitrogens is 2. The van der Waals surface area contributed by atoms with Crippen LogP contribution in [0.3, 0.4) is 0 Å². The average Bonchev–Trinajstić information content (AvgIpc) is 2.61. The van der Waals surface area contributed by atoms with E-state index in [0.717, 1.165) is 58.1 Å². The SMILES string of the molecule is CC1(C)CC(=O)OC(NCCCCN2CCN(c3ncccn3)CC2)N1. The van der Waals surface area contributed by atoms with E-state index in [1.165, 1.54) is 0 Å². The van der Waals surface area contributed by atoms with Gasteiger partial charge in [0.2, 0.25) is 12.3 Å². The summed E-state index contributed by atoms with van der Waals surface area (Å²) in [5.74, 6) is 0.681. The molecule has 0 saturated carbocycles. The molecule has 1 aromatic rings. The van der Waals surface area contributed by atoms with E-state index in [-0.39, 0.29) is 17.9 Å². The molecule has 1 atom stereocenters. The molecule has 3 rings (SSSR count). The van der Waals surface area contributed by atoms with Crippen LogP contribution in [0.4, 0.5) is 5.95 Å². The number of carbonyl (C=O) groups excluding carboxylic acids is 1. The molecule has 1 unspecified atom stereocenters. The van der Waals surface area contributed by atoms with Gasteiger partial charge < -0.3 is 9.64 Å². The summed E-state index contributed by atoms with van der Waals surface area (Å²) >= 11 is 0. The van der Waals surface area contributed by atoms with Gasteiger partial charge in [-0.15, -0.1) is 0 Å². The Kier molecular flexibility index (Phi) is 6.39. The van der Waals surface area contributed by atoms with E-state index < -0.39 is 0 Å². The van der Waals surface area contributed by atoms with Crippen molar-refractivity contribution in [1.29, 1.82) is 0 Å². The second-order valence-electron chi connectivity index (χ2n) is 7.61. The monoisotopic (exact) mass is 362 g/mol. The Bertz CT molecular complexity index is 574. The van der Waals surface area contributed by atoms with E-state index in [2.05, 4.69) is 30.4 Å². The zero-order valence-corrected chi connectivity index (χ0v) is 15.8. The summed E-state index contributed by atoms with van der Waals surface area (Å²) in [6, 6.07) is 1.85. The van der Waals surface area contributed by atoms with Crippen LogP contribution in [-0.2, 0) is 9.53 Å². The van der Waals surface area contributed by atoms with Gasteiger partial charge >= 0.3 is 5.97 Å². The highest BCUT2D eigenvalue weighted by atomic mass is 16.6. The average molecular weight is 362 g/mol. The van der Waals surface area contributed by atoms with Gasteiger partial charge in [-0.1, -0.05) is 0 Å². The number of esters is 1. The van der Waals surface area contributed by atoms with E-state index in [1.807, 2.05) is 19.9 Å². The Morgan fingerprint density at radius 2 is 1.96 bits per heavy atom. The minimum Gasteiger partial charge on any atom is -0.433 e. The van der Waals surface area contributed by atoms with Crippen molar-refractivity contribution in [2.75, 3.05) is 44.2 Å². The van der Waals surface area contributed by atoms with E-state index in [9.17, 15) is 4.79 Å². The van der Waals surface area contributed by atoms with Crippen LogP contribution in [0.5, 0.6) is 0 Å². The van der Waals surface area contributed by atoms with Crippen molar-refractivity contribution >= 4 is 11.9 Å². The summed E-state index contributed by atoms with van der Waals surface area (Å²) in [4.78, 5) is 25.0. The summed E-state index contributed by atoms with van der Waals surface area (Å²) in [5.41, 5.74) is -0.213. The van der Waals surface area contributed by atoms with Crippen LogP contribution in [0.15, 0.2) is 18.5 Å². The molecule has 0 aromatic carbocycles. The number of carbonyl (C=O) groups is 1. The van der Waals surface area contributed by atoms with Crippen LogP contribution in [0.2, 0.25) is 0 Å². The summed E-state index contributed by atoms with van der Waals surface area (Å²) < 4.78 is 5.28. The normalized spacial score (nSPS) is 23.7. The van der Waals surface area contributed by atoms with Crippen molar-refractivity contribution in [3.05, 3.63) is 18.5 Å². The minimum absolute atomic E-state index is 0.147. The lowest BCUT2D eigenvalue weighted by Gasteiger charge is -2.36. The molecule has 1 aromatic heterocycles. The number of hydrogen-bond acceptors (Lipinski definition) is 8. The Labute approximate surface area is 155 Å². The quantitative estimate of drug-likeness (QED) is 0.538. The summed E-state index contributed by atoms with van der Waals surface area (Å²) in [7, 11) is 0. The molecule has 8 nitrogen and oxygen atoms in total. The predicted molar refractivity (Wildman–Crippen MR) is 99.6 cm³/mol. The van der Waals surface area contributed by atoms with Crippen LogP contribution in [0.1, 0.15) is 33.1 Å². The predicted octanol–water partition coefficient (Wildman–Crippen LogP) is 0.567. The van der Waals surface area contributed by atoms with Crippen molar-refractivity contribution in [2.24, 2.45) is 0 Å². The molecule has 144 valence electrons. The van der Waals surface area contributed by atoms with Gasteiger partial charge in [-0.3, -0.25) is 20.3 Å². The molecule has 0 bridgehead atoms. The highest BCUT2D eigenvalue weighted by molar-refractivity contribution is 5.71. The maximum absolute atomic E-state index is 11.6. The molecule has 2 fully saturated rings. The molecule has 0 amide bonds. The third kappa shape index (κ3) is 5.62. The Morgan fingerprint density at radius 1 is 1.23 bits per heavy atom. The van der Waals surface area contributed by atoms with Crippen LogP contribution in [0.25, 0.3) is 0 Å². The van der Waals surface area contributed by atoms with Gasteiger partial charge in [0.25, 0.3) is 0 Å². The highest BCUT2D eigenvalue weighted by Crippen LogP contribution is 2.16. The first-order valence-electron chi connectivity index (χ1n) is 9.47. The molecule has 2 aliphatic heterocycles. The summed E-state index contributed by atoms with van der Waals surface area (Å²) in [5, 5.41) is 6.58. The number of cyclic esters (lactones) is 1. The zero-order valence-electron chi connectivity index (χ0n) is 15.8. The first-order chi connectivity index (χ1) is 12.5. The summed E-state index contributed by atoms with van der Waals surface area (Å²) in [6.45, 7) is 9.99. The standard InChI is InChI=1S/C18H30N6O2/c1-18(2)14-15(25)26-17(22-18)21-6-3-4-9-23-10-12-24(13-11-23)16-19-7-5-8-20-16/h5,7-8,17,21-22H,3-4,6,9-14H2,1-2H3. The van der Waals surface area contributed by atoms with Crippen LogP contribution >= 0.6 is 0 Å². The fourth-order valence-corrected chi connectivity index (χ4v) is 3.38. The topological polar surface area (TPSA) is 82.6 Å². The molecule has 3 heterocycles. The molecule has 2 aliphatic rings. The number of anilines is 1. The van der Waals surface area contributed by atoms with Crippen molar-refractivity contribution in [1.82, 2.24) is 25.5 Å². The van der Waals surface area contributed by atoms with Gasteiger partial charge in [0, 0.05) is 44.1 Å². The Hall–Kier alpha value is -1.77. The van der Waals surface area contributed by atoms with Crippen LogP contribution in [-0.4, -0.2) is 72.0 Å². The summed E-state index contributed by atoms with van der Waals surface area (Å²) in [6.07, 6.45) is 5.80. The molecule has 8 heteroatoms. The number of hydrogen-bond donors (Lipinski definition) is 2. The van der Waals surface area contributed by atoms with Crippen molar-refractivity contribution in [2.45, 2.75) is 45.0 Å². The first-order valence-corrected chi connectivity index (χ1v) is 9.47. The smallest absolute Gasteiger partial charge is 0.310 e. The second-order valence-corrected chi connectivity index (χ2v) is 7.61. The largest absolute Gasteiger partial charge is 0.433 e. The van der Waals surface area contributed by atoms with Crippen molar-refractivity contribution < 1.29 is 9.53 Å². The van der Waals surface area contributed by atoms with Gasteiger partial charge in [0.15, 0.2) is 0 Å². The molecule has 0 radical (unpaired) electrons. The number of unbranched alkanes of at least 4 members (excludes halogenated alkanes) is 1. The molecule has 0 spiro atoms. The van der Waals surface area contributed by atoms with Gasteiger partial charge in [0.1, 0.15) is 0 Å². The first kappa shape index (κ1) is 19.0. The molecular weight excluding hydrogens is 332 g/mol. The van der Waals surface area contributed by atoms with Crippen molar-refractivity contribution in [3.8, 4) is 0 Å². The van der Waals surface area contributed by atoms with Gasteiger partial charge in [0.05, 0.1) is 6.42 Å². The van der Waals surface area contributed by atoms with Gasteiger partial charge in [-0.25, -0.2) is 9.97 Å². The fraction of sp³-hybridized carbons (Fsp3) is 0.722. The van der Waals surface area contributed by atoms with Gasteiger partial charge in [-0.05, 0) is 45.8 Å². The number of ether oxygens (including phenoxy) is 1. The molecule has 26 heavy (non-hydrogen) atoms. The van der Waals surface area contributed by atoms with Crippen LogP contribution in [0, 0.1) is 0 Å². The lowest BCUT2D eigenvalue weighted by molar-refractivity contribution is -0.163. The van der Waals surface area contributed by atoms with Crippen LogP contribution < -0.4 is 15.5 Å². The fourth-order valence-electron chi connectivity index (χ4n) is 3.38. The third-order valence-electron chi connectivity index (χ3n) is 4.80. The van der Waals surface area contributed by atoms with Gasteiger partial charge in [-0.2, -0.15) is 0 Å². The zero-order chi connectivity index (χ0) is 18.4. The Balaban J connectivity index is 1.27. The lowest BCUT2D eigenvalue weighted by Crippen LogP contribution is -2.59. The van der Waals surface area contributed by atoms with Crippen molar-refractivity contribution in [3.63, 3.8) is 0 Å². The van der Waals surface area contributed by atoms with E-state index in [0.29, 0.717) is 6.42 Å². The maximum atomic E-state index is 11.6. The number of rotatable bonds is 7. The van der Waals surface area contributed by atoms with E-state index >= 15 is 0 Å². The third-order valence-corrected chi connectivity index (χ3v) is 4.80. The highest BCUT2D eigenvalue weighted by Gasteiger charge is 2.32. The maximum Gasteiger partial charge on any atom is 0.310 e. The molecule has 2 N–H and O–H groups in total. The molecule has 0 aliphatic carbocycles. The lowest BCUT2D eigenvalue weighted by atomic mass is 10.00. The Morgan fingerprint density at radius 3 is 2.65 bits per heavy atom. The molecular formula is C18H30N6O2. The minimum atomic E-state index is -0.374. The van der Waals surface area contributed by atoms with E-state index in [4.69, 9.17) is 4.74 Å². The van der Waals surface area contributed by atoms with E-state index in [1.54, 1.807) is 12.4 Å². The number of piperazine rings is 1. The second kappa shape index (κ2) is 8.75. The number of nitrogens with one attached hydrogen (secondary N) is 2. The number of nitrogens with zero attached hydrogens (tertiary/aromatic N) is 4.